The molecule has 2 fully saturated rings. The van der Waals surface area contributed by atoms with Gasteiger partial charge in [-0.05, 0) is 19.8 Å². The van der Waals surface area contributed by atoms with E-state index in [4.69, 9.17) is 5.11 Å². The van der Waals surface area contributed by atoms with Crippen molar-refractivity contribution in [2.45, 2.75) is 31.8 Å². The van der Waals surface area contributed by atoms with Crippen molar-refractivity contribution >= 4 is 23.8 Å². The van der Waals surface area contributed by atoms with Crippen molar-refractivity contribution in [2.24, 2.45) is 0 Å². The lowest BCUT2D eigenvalue weighted by molar-refractivity contribution is -0.141. The van der Waals surface area contributed by atoms with Crippen LogP contribution in [-0.2, 0) is 14.4 Å². The van der Waals surface area contributed by atoms with Crippen molar-refractivity contribution in [1.82, 2.24) is 15.1 Å². The van der Waals surface area contributed by atoms with Crippen LogP contribution in [0.15, 0.2) is 0 Å². The first-order valence-corrected chi connectivity index (χ1v) is 6.05. The van der Waals surface area contributed by atoms with Crippen LogP contribution >= 0.6 is 0 Å². The monoisotopic (exact) mass is 269 g/mol. The Hall–Kier alpha value is -2.12. The summed E-state index contributed by atoms with van der Waals surface area (Å²) in [4.78, 5) is 48.4. The number of hydrogen-bond acceptors (Lipinski definition) is 4. The molecule has 0 aliphatic carbocycles. The third kappa shape index (κ3) is 2.38. The van der Waals surface area contributed by atoms with Crippen molar-refractivity contribution in [1.29, 1.82) is 0 Å². The largest absolute Gasteiger partial charge is 0.480 e. The second kappa shape index (κ2) is 4.87. The van der Waals surface area contributed by atoms with Crippen LogP contribution in [0.4, 0.5) is 4.79 Å². The van der Waals surface area contributed by atoms with Crippen LogP contribution in [0, 0.1) is 0 Å². The number of urea groups is 1. The van der Waals surface area contributed by atoms with E-state index in [0.29, 0.717) is 19.4 Å². The van der Waals surface area contributed by atoms with Gasteiger partial charge in [0.1, 0.15) is 18.6 Å². The second-order valence-corrected chi connectivity index (χ2v) is 4.69. The molecular weight excluding hydrogens is 254 g/mol. The number of rotatable bonds is 1. The minimum atomic E-state index is -1.06. The van der Waals surface area contributed by atoms with Crippen LogP contribution in [-0.4, -0.2) is 63.9 Å². The zero-order valence-corrected chi connectivity index (χ0v) is 10.5. The van der Waals surface area contributed by atoms with Crippen LogP contribution in [0.1, 0.15) is 19.8 Å². The third-order valence-corrected chi connectivity index (χ3v) is 3.45. The number of carbonyl (C=O) groups excluding carboxylic acids is 3. The van der Waals surface area contributed by atoms with E-state index in [1.165, 1.54) is 11.8 Å². The molecule has 0 saturated carbocycles. The maximum absolute atomic E-state index is 12.3. The number of nitrogens with one attached hydrogen (secondary N) is 1. The van der Waals surface area contributed by atoms with E-state index in [1.54, 1.807) is 0 Å². The molecule has 2 aliphatic rings. The van der Waals surface area contributed by atoms with Gasteiger partial charge in [0, 0.05) is 6.54 Å². The van der Waals surface area contributed by atoms with Crippen LogP contribution < -0.4 is 5.32 Å². The van der Waals surface area contributed by atoms with E-state index in [0.717, 1.165) is 4.90 Å². The molecule has 2 N–H and O–H groups in total. The number of nitrogens with zero attached hydrogens (tertiary/aromatic N) is 2. The van der Waals surface area contributed by atoms with Crippen molar-refractivity contribution in [3.8, 4) is 0 Å². The number of hydrogen-bond donors (Lipinski definition) is 2. The summed E-state index contributed by atoms with van der Waals surface area (Å²) in [5, 5.41) is 11.2. The molecule has 2 rings (SSSR count). The Labute approximate surface area is 109 Å². The summed E-state index contributed by atoms with van der Waals surface area (Å²) in [5.74, 6) is -2.16. The molecular formula is C11H15N3O5. The first-order chi connectivity index (χ1) is 8.91. The minimum Gasteiger partial charge on any atom is -0.480 e. The fourth-order valence-electron chi connectivity index (χ4n) is 2.37. The topological polar surface area (TPSA) is 107 Å². The third-order valence-electron chi connectivity index (χ3n) is 3.45. The summed E-state index contributed by atoms with van der Waals surface area (Å²) in [6.07, 6.45) is 0.995. The van der Waals surface area contributed by atoms with Crippen molar-refractivity contribution in [3.05, 3.63) is 0 Å². The number of piperazine rings is 1. The molecule has 0 aromatic heterocycles. The Morgan fingerprint density at radius 2 is 2.00 bits per heavy atom. The van der Waals surface area contributed by atoms with Gasteiger partial charge in [-0.1, -0.05) is 0 Å². The standard InChI is InChI=1S/C11H15N3O5/c1-6-9(16)12-8(15)5-14(6)11(19)13-4-2-3-7(13)10(17)18/h6-7H,2-5H2,1H3,(H,17,18)(H,12,15,16). The van der Waals surface area contributed by atoms with E-state index in [2.05, 4.69) is 5.32 Å². The highest BCUT2D eigenvalue weighted by Gasteiger charge is 2.41. The van der Waals surface area contributed by atoms with Gasteiger partial charge in [-0.15, -0.1) is 0 Å². The zero-order chi connectivity index (χ0) is 14.2. The van der Waals surface area contributed by atoms with Crippen LogP contribution in [0.5, 0.6) is 0 Å². The van der Waals surface area contributed by atoms with E-state index < -0.39 is 35.9 Å². The van der Waals surface area contributed by atoms with E-state index in [-0.39, 0.29) is 6.54 Å². The second-order valence-electron chi connectivity index (χ2n) is 4.69. The van der Waals surface area contributed by atoms with Gasteiger partial charge in [0.15, 0.2) is 0 Å². The maximum Gasteiger partial charge on any atom is 0.326 e. The van der Waals surface area contributed by atoms with Gasteiger partial charge < -0.3 is 14.9 Å². The molecule has 2 aliphatic heterocycles. The maximum atomic E-state index is 12.3. The molecule has 4 amide bonds. The molecule has 104 valence electrons. The quantitative estimate of drug-likeness (QED) is 0.594. The lowest BCUT2D eigenvalue weighted by Gasteiger charge is -2.35. The van der Waals surface area contributed by atoms with E-state index in [9.17, 15) is 19.2 Å². The van der Waals surface area contributed by atoms with Crippen LogP contribution in [0.2, 0.25) is 0 Å². The molecule has 0 radical (unpaired) electrons. The van der Waals surface area contributed by atoms with Crippen molar-refractivity contribution < 1.29 is 24.3 Å². The summed E-state index contributed by atoms with van der Waals surface area (Å²) in [6, 6.07) is -2.22. The molecule has 8 nitrogen and oxygen atoms in total. The number of aliphatic carboxylic acids is 1. The summed E-state index contributed by atoms with van der Waals surface area (Å²) >= 11 is 0. The fourth-order valence-corrected chi connectivity index (χ4v) is 2.37. The Kier molecular flexibility index (Phi) is 3.41. The lowest BCUT2D eigenvalue weighted by Crippen LogP contribution is -2.62. The molecule has 2 atom stereocenters. The number of amides is 4. The highest BCUT2D eigenvalue weighted by molar-refractivity contribution is 6.04. The Balaban J connectivity index is 2.16. The number of carboxylic acid groups (broad SMARTS) is 1. The minimum absolute atomic E-state index is 0.228. The first-order valence-electron chi connectivity index (χ1n) is 6.05. The molecule has 19 heavy (non-hydrogen) atoms. The average molecular weight is 269 g/mol. The summed E-state index contributed by atoms with van der Waals surface area (Å²) < 4.78 is 0. The van der Waals surface area contributed by atoms with Gasteiger partial charge in [0.2, 0.25) is 11.8 Å². The SMILES string of the molecule is CC1C(=O)NC(=O)CN1C(=O)N1CCCC1C(=O)O. The molecule has 0 aromatic rings. The average Bonchev–Trinajstić information content (AvgIpc) is 2.82. The summed E-state index contributed by atoms with van der Waals surface area (Å²) in [5.41, 5.74) is 0. The van der Waals surface area contributed by atoms with Crippen molar-refractivity contribution in [2.75, 3.05) is 13.1 Å². The summed E-state index contributed by atoms with van der Waals surface area (Å²) in [6.45, 7) is 1.61. The predicted octanol–water partition coefficient (Wildman–Crippen LogP) is -0.998. The lowest BCUT2D eigenvalue weighted by atomic mass is 10.2. The zero-order valence-electron chi connectivity index (χ0n) is 10.5. The van der Waals surface area contributed by atoms with Crippen LogP contribution in [0.3, 0.4) is 0 Å². The number of carbonyl (C=O) groups is 4. The normalized spacial score (nSPS) is 27.4. The van der Waals surface area contributed by atoms with Crippen LogP contribution in [0.25, 0.3) is 0 Å². The van der Waals surface area contributed by atoms with Gasteiger partial charge in [0.25, 0.3) is 0 Å². The molecule has 0 spiro atoms. The Bertz CT molecular complexity index is 450. The van der Waals surface area contributed by atoms with Crippen molar-refractivity contribution in [3.63, 3.8) is 0 Å². The highest BCUT2D eigenvalue weighted by atomic mass is 16.4. The number of imide groups is 1. The summed E-state index contributed by atoms with van der Waals surface area (Å²) in [7, 11) is 0. The predicted molar refractivity (Wildman–Crippen MR) is 62.1 cm³/mol. The molecule has 8 heteroatoms. The molecule has 2 saturated heterocycles. The van der Waals surface area contributed by atoms with E-state index in [1.807, 2.05) is 0 Å². The van der Waals surface area contributed by atoms with E-state index >= 15 is 0 Å². The fraction of sp³-hybridized carbons (Fsp3) is 0.636. The highest BCUT2D eigenvalue weighted by Crippen LogP contribution is 2.21. The Morgan fingerprint density at radius 1 is 1.32 bits per heavy atom. The van der Waals surface area contributed by atoms with Gasteiger partial charge >= 0.3 is 12.0 Å². The Morgan fingerprint density at radius 3 is 2.63 bits per heavy atom. The number of likely N-dealkylation sites (tertiary alicyclic amines) is 1. The molecule has 2 unspecified atom stereocenters. The van der Waals surface area contributed by atoms with Gasteiger partial charge in [-0.3, -0.25) is 14.9 Å². The van der Waals surface area contributed by atoms with Gasteiger partial charge in [-0.2, -0.15) is 0 Å². The first kappa shape index (κ1) is 13.3. The number of carboxylic acids is 1. The van der Waals surface area contributed by atoms with Gasteiger partial charge in [-0.25, -0.2) is 9.59 Å². The molecule has 0 bridgehead atoms. The molecule has 2 heterocycles. The molecule has 0 aromatic carbocycles. The smallest absolute Gasteiger partial charge is 0.326 e. The van der Waals surface area contributed by atoms with Gasteiger partial charge in [0.05, 0.1) is 0 Å².